The Kier molecular flexibility index (Phi) is 4.15. The second-order valence-electron chi connectivity index (χ2n) is 3.82. The van der Waals surface area contributed by atoms with Crippen LogP contribution in [-0.4, -0.2) is 10.9 Å². The number of halogens is 1. The van der Waals surface area contributed by atoms with E-state index in [1.54, 1.807) is 30.3 Å². The van der Waals surface area contributed by atoms with Gasteiger partial charge in [-0.3, -0.25) is 4.79 Å². The number of nitrogens with two attached hydrogens (primary N) is 1. The van der Waals surface area contributed by atoms with E-state index in [-0.39, 0.29) is 10.7 Å². The Balaban J connectivity index is 2.26. The Morgan fingerprint density at radius 2 is 2.15 bits per heavy atom. The third-order valence-electron chi connectivity index (χ3n) is 2.46. The molecule has 0 saturated carbocycles. The highest BCUT2D eigenvalue weighted by atomic mass is 35.5. The summed E-state index contributed by atoms with van der Waals surface area (Å²) >= 11 is 5.93. The SMILES string of the molecule is N#Cc1cccc(NC(=O)c2nc(NN)ccc2Cl)c1. The Morgan fingerprint density at radius 1 is 1.35 bits per heavy atom. The number of nitrogens with zero attached hydrogens (tertiary/aromatic N) is 2. The van der Waals surface area contributed by atoms with Gasteiger partial charge in [-0.2, -0.15) is 5.26 Å². The van der Waals surface area contributed by atoms with Crippen LogP contribution in [0.1, 0.15) is 16.1 Å². The minimum atomic E-state index is -0.484. The zero-order valence-corrected chi connectivity index (χ0v) is 11.0. The normalized spacial score (nSPS) is 9.65. The molecule has 2 rings (SSSR count). The summed E-state index contributed by atoms with van der Waals surface area (Å²) in [4.78, 5) is 16.1. The number of benzene rings is 1. The van der Waals surface area contributed by atoms with Gasteiger partial charge in [0.15, 0.2) is 0 Å². The molecule has 0 saturated heterocycles. The summed E-state index contributed by atoms with van der Waals surface area (Å²) in [5.41, 5.74) is 3.31. The van der Waals surface area contributed by atoms with Crippen molar-refractivity contribution in [3.05, 3.63) is 52.7 Å². The highest BCUT2D eigenvalue weighted by Crippen LogP contribution is 2.18. The number of pyridine rings is 1. The highest BCUT2D eigenvalue weighted by Gasteiger charge is 2.13. The van der Waals surface area contributed by atoms with Gasteiger partial charge in [0.2, 0.25) is 0 Å². The smallest absolute Gasteiger partial charge is 0.275 e. The summed E-state index contributed by atoms with van der Waals surface area (Å²) in [5, 5.41) is 11.6. The van der Waals surface area contributed by atoms with Crippen molar-refractivity contribution in [2.45, 2.75) is 0 Å². The first kappa shape index (κ1) is 13.8. The van der Waals surface area contributed by atoms with E-state index in [0.29, 0.717) is 17.1 Å². The van der Waals surface area contributed by atoms with Gasteiger partial charge in [0.05, 0.1) is 16.7 Å². The first-order chi connectivity index (χ1) is 9.63. The molecule has 7 heteroatoms. The van der Waals surface area contributed by atoms with Gasteiger partial charge in [0.25, 0.3) is 5.91 Å². The molecule has 20 heavy (non-hydrogen) atoms. The van der Waals surface area contributed by atoms with Crippen LogP contribution in [0.25, 0.3) is 0 Å². The summed E-state index contributed by atoms with van der Waals surface area (Å²) in [5.74, 6) is 5.08. The van der Waals surface area contributed by atoms with E-state index in [0.717, 1.165) is 0 Å². The number of anilines is 2. The second kappa shape index (κ2) is 6.02. The minimum Gasteiger partial charge on any atom is -0.321 e. The molecule has 0 atom stereocenters. The molecular formula is C13H10ClN5O. The number of hydrogen-bond donors (Lipinski definition) is 3. The second-order valence-corrected chi connectivity index (χ2v) is 4.23. The van der Waals surface area contributed by atoms with E-state index in [4.69, 9.17) is 22.7 Å². The van der Waals surface area contributed by atoms with Gasteiger partial charge < -0.3 is 10.7 Å². The third-order valence-corrected chi connectivity index (χ3v) is 2.76. The summed E-state index contributed by atoms with van der Waals surface area (Å²) in [6, 6.07) is 11.6. The van der Waals surface area contributed by atoms with Gasteiger partial charge in [-0.25, -0.2) is 10.8 Å². The molecule has 2 aromatic rings. The van der Waals surface area contributed by atoms with Crippen LogP contribution in [0.2, 0.25) is 5.02 Å². The van der Waals surface area contributed by atoms with Crippen LogP contribution in [0.4, 0.5) is 11.5 Å². The fourth-order valence-electron chi connectivity index (χ4n) is 1.54. The number of amides is 1. The fourth-order valence-corrected chi connectivity index (χ4v) is 1.73. The highest BCUT2D eigenvalue weighted by molar-refractivity contribution is 6.34. The molecule has 0 bridgehead atoms. The number of rotatable bonds is 3. The zero-order valence-electron chi connectivity index (χ0n) is 10.2. The lowest BCUT2D eigenvalue weighted by Gasteiger charge is -2.07. The molecule has 0 spiro atoms. The average Bonchev–Trinajstić information content (AvgIpc) is 2.47. The van der Waals surface area contributed by atoms with Crippen LogP contribution < -0.4 is 16.6 Å². The van der Waals surface area contributed by atoms with Crippen LogP contribution in [-0.2, 0) is 0 Å². The van der Waals surface area contributed by atoms with Crippen molar-refractivity contribution in [2.24, 2.45) is 5.84 Å². The van der Waals surface area contributed by atoms with E-state index >= 15 is 0 Å². The maximum Gasteiger partial charge on any atom is 0.275 e. The monoisotopic (exact) mass is 287 g/mol. The van der Waals surface area contributed by atoms with Crippen molar-refractivity contribution in [1.29, 1.82) is 5.26 Å². The van der Waals surface area contributed by atoms with Crippen LogP contribution in [0.3, 0.4) is 0 Å². The number of aromatic nitrogens is 1. The molecule has 0 aliphatic rings. The first-order valence-electron chi connectivity index (χ1n) is 5.58. The number of carbonyl (C=O) groups is 1. The molecule has 4 N–H and O–H groups in total. The summed E-state index contributed by atoms with van der Waals surface area (Å²) < 4.78 is 0. The number of nitriles is 1. The third kappa shape index (κ3) is 3.03. The van der Waals surface area contributed by atoms with E-state index in [2.05, 4.69) is 15.7 Å². The lowest BCUT2D eigenvalue weighted by molar-refractivity contribution is 0.102. The van der Waals surface area contributed by atoms with Crippen LogP contribution in [0, 0.1) is 11.3 Å². The molecule has 1 aromatic heterocycles. The average molecular weight is 288 g/mol. The molecule has 0 radical (unpaired) electrons. The van der Waals surface area contributed by atoms with Gasteiger partial charge in [-0.15, -0.1) is 0 Å². The molecule has 100 valence electrons. The quantitative estimate of drug-likeness (QED) is 0.593. The molecule has 1 aromatic carbocycles. The molecule has 0 aliphatic heterocycles. The Morgan fingerprint density at radius 3 is 2.85 bits per heavy atom. The standard InChI is InChI=1S/C13H10ClN5O/c14-10-4-5-11(19-16)18-12(10)13(20)17-9-3-1-2-8(6-9)7-15/h1-6H,16H2,(H,17,20)(H,18,19). The van der Waals surface area contributed by atoms with Crippen molar-refractivity contribution in [3.63, 3.8) is 0 Å². The molecule has 6 nitrogen and oxygen atoms in total. The molecular weight excluding hydrogens is 278 g/mol. The number of hydrazine groups is 1. The number of nitrogens with one attached hydrogen (secondary N) is 2. The van der Waals surface area contributed by atoms with Gasteiger partial charge in [0, 0.05) is 5.69 Å². The Hall–Kier alpha value is -2.62. The molecule has 0 unspecified atom stereocenters. The largest absolute Gasteiger partial charge is 0.321 e. The van der Waals surface area contributed by atoms with E-state index in [1.807, 2.05) is 6.07 Å². The topological polar surface area (TPSA) is 104 Å². The van der Waals surface area contributed by atoms with Crippen molar-refractivity contribution in [1.82, 2.24) is 4.98 Å². The maximum atomic E-state index is 12.1. The number of carbonyl (C=O) groups excluding carboxylic acids is 1. The van der Waals surface area contributed by atoms with Crippen LogP contribution in [0.15, 0.2) is 36.4 Å². The van der Waals surface area contributed by atoms with Gasteiger partial charge in [-0.1, -0.05) is 17.7 Å². The predicted molar refractivity (Wildman–Crippen MR) is 76.2 cm³/mol. The van der Waals surface area contributed by atoms with Crippen molar-refractivity contribution in [3.8, 4) is 6.07 Å². The predicted octanol–water partition coefficient (Wildman–Crippen LogP) is 2.14. The van der Waals surface area contributed by atoms with Crippen LogP contribution in [0.5, 0.6) is 0 Å². The minimum absolute atomic E-state index is 0.0458. The summed E-state index contributed by atoms with van der Waals surface area (Å²) in [6.45, 7) is 0. The van der Waals surface area contributed by atoms with E-state index in [9.17, 15) is 4.79 Å². The van der Waals surface area contributed by atoms with Crippen molar-refractivity contribution >= 4 is 29.0 Å². The van der Waals surface area contributed by atoms with Gasteiger partial charge in [0.1, 0.15) is 11.5 Å². The summed E-state index contributed by atoms with van der Waals surface area (Å²) in [7, 11) is 0. The Bertz CT molecular complexity index is 695. The number of hydrogen-bond acceptors (Lipinski definition) is 5. The molecule has 0 aliphatic carbocycles. The first-order valence-corrected chi connectivity index (χ1v) is 5.96. The van der Waals surface area contributed by atoms with E-state index < -0.39 is 5.91 Å². The fraction of sp³-hybridized carbons (Fsp3) is 0. The lowest BCUT2D eigenvalue weighted by atomic mass is 10.2. The zero-order chi connectivity index (χ0) is 14.5. The molecule has 1 heterocycles. The molecule has 0 fully saturated rings. The van der Waals surface area contributed by atoms with Crippen LogP contribution >= 0.6 is 11.6 Å². The number of nitrogen functional groups attached to an aromatic ring is 1. The maximum absolute atomic E-state index is 12.1. The van der Waals surface area contributed by atoms with Crippen molar-refractivity contribution < 1.29 is 4.79 Å². The lowest BCUT2D eigenvalue weighted by Crippen LogP contribution is -2.16. The van der Waals surface area contributed by atoms with Crippen molar-refractivity contribution in [2.75, 3.05) is 10.7 Å². The van der Waals surface area contributed by atoms with Gasteiger partial charge in [-0.05, 0) is 30.3 Å². The summed E-state index contributed by atoms with van der Waals surface area (Å²) in [6.07, 6.45) is 0. The van der Waals surface area contributed by atoms with E-state index in [1.165, 1.54) is 6.07 Å². The Labute approximate surface area is 120 Å². The van der Waals surface area contributed by atoms with Gasteiger partial charge >= 0.3 is 0 Å². The molecule has 1 amide bonds.